The zero-order valence-electron chi connectivity index (χ0n) is 7.27. The van der Waals surface area contributed by atoms with E-state index in [1.165, 1.54) is 6.07 Å². The molecule has 3 nitrogen and oxygen atoms in total. The molecule has 1 atom stereocenters. The van der Waals surface area contributed by atoms with Crippen LogP contribution in [0.25, 0.3) is 0 Å². The molecule has 1 aromatic rings. The Labute approximate surface area is 93.5 Å². The largest absolute Gasteiger partial charge is 0.508 e. The van der Waals surface area contributed by atoms with Crippen LogP contribution >= 0.6 is 24.0 Å². The fourth-order valence-corrected chi connectivity index (χ4v) is 1.21. The summed E-state index contributed by atoms with van der Waals surface area (Å²) >= 11 is 5.71. The predicted octanol–water partition coefficient (Wildman–Crippen LogP) is 2.38. The molecule has 0 spiro atoms. The van der Waals surface area contributed by atoms with E-state index >= 15 is 0 Å². The molecular formula is C9H10Cl2N2O. The third kappa shape index (κ3) is 3.08. The van der Waals surface area contributed by atoms with Crippen LogP contribution < -0.4 is 5.73 Å². The number of nitrogens with two attached hydrogens (primary N) is 1. The maximum Gasteiger partial charge on any atom is 0.120 e. The van der Waals surface area contributed by atoms with Crippen molar-refractivity contribution in [2.24, 2.45) is 5.73 Å². The van der Waals surface area contributed by atoms with Gasteiger partial charge < -0.3 is 10.8 Å². The molecule has 0 saturated carbocycles. The summed E-state index contributed by atoms with van der Waals surface area (Å²) in [5.41, 5.74) is 6.14. The minimum absolute atomic E-state index is 0. The van der Waals surface area contributed by atoms with Crippen molar-refractivity contribution in [3.8, 4) is 11.8 Å². The predicted molar refractivity (Wildman–Crippen MR) is 57.5 cm³/mol. The van der Waals surface area contributed by atoms with Crippen LogP contribution in [0.1, 0.15) is 18.0 Å². The number of hydrogen-bond donors (Lipinski definition) is 2. The normalized spacial score (nSPS) is 11.2. The molecule has 0 radical (unpaired) electrons. The Bertz CT molecular complexity index is 349. The fourth-order valence-electron chi connectivity index (χ4n) is 1.03. The van der Waals surface area contributed by atoms with E-state index in [0.717, 1.165) is 0 Å². The van der Waals surface area contributed by atoms with Crippen molar-refractivity contribution in [3.05, 3.63) is 28.8 Å². The van der Waals surface area contributed by atoms with Crippen LogP contribution in [0, 0.1) is 11.3 Å². The molecule has 0 fully saturated rings. The number of hydrogen-bond acceptors (Lipinski definition) is 3. The first-order chi connectivity index (χ1) is 6.15. The van der Waals surface area contributed by atoms with Gasteiger partial charge in [0.25, 0.3) is 0 Å². The van der Waals surface area contributed by atoms with Crippen LogP contribution in [0.4, 0.5) is 0 Å². The van der Waals surface area contributed by atoms with Gasteiger partial charge in [0, 0.05) is 16.6 Å². The van der Waals surface area contributed by atoms with E-state index in [0.29, 0.717) is 10.6 Å². The maximum atomic E-state index is 9.38. The molecule has 1 rings (SSSR count). The van der Waals surface area contributed by atoms with Gasteiger partial charge in [-0.3, -0.25) is 0 Å². The summed E-state index contributed by atoms with van der Waals surface area (Å²) in [6, 6.07) is 6.06. The van der Waals surface area contributed by atoms with Gasteiger partial charge in [-0.1, -0.05) is 11.6 Å². The van der Waals surface area contributed by atoms with Gasteiger partial charge in [0.2, 0.25) is 0 Å². The van der Waals surface area contributed by atoms with Crippen molar-refractivity contribution in [3.63, 3.8) is 0 Å². The first kappa shape index (κ1) is 13.1. The van der Waals surface area contributed by atoms with Crippen LogP contribution in [0.15, 0.2) is 18.2 Å². The van der Waals surface area contributed by atoms with Gasteiger partial charge in [0.1, 0.15) is 5.75 Å². The highest BCUT2D eigenvalue weighted by molar-refractivity contribution is 6.30. The molecule has 14 heavy (non-hydrogen) atoms. The second-order valence-corrected chi connectivity index (χ2v) is 3.11. The zero-order chi connectivity index (χ0) is 9.84. The van der Waals surface area contributed by atoms with Crippen LogP contribution in [0.5, 0.6) is 5.75 Å². The van der Waals surface area contributed by atoms with Gasteiger partial charge >= 0.3 is 0 Å². The Kier molecular flexibility index (Phi) is 5.32. The number of benzene rings is 1. The molecule has 0 aliphatic carbocycles. The third-order valence-corrected chi connectivity index (χ3v) is 1.94. The Morgan fingerprint density at radius 1 is 1.57 bits per heavy atom. The van der Waals surface area contributed by atoms with Crippen molar-refractivity contribution in [2.75, 3.05) is 0 Å². The number of nitriles is 1. The molecule has 0 aromatic heterocycles. The lowest BCUT2D eigenvalue weighted by molar-refractivity contribution is 0.462. The first-order valence-corrected chi connectivity index (χ1v) is 4.14. The molecule has 0 unspecified atom stereocenters. The van der Waals surface area contributed by atoms with Gasteiger partial charge in [-0.05, 0) is 18.2 Å². The zero-order valence-corrected chi connectivity index (χ0v) is 8.85. The SMILES string of the molecule is Cl.N#CC[C@@H](N)c1cc(Cl)ccc1O. The minimum atomic E-state index is -0.483. The van der Waals surface area contributed by atoms with Crippen LogP contribution in [-0.2, 0) is 0 Å². The van der Waals surface area contributed by atoms with Gasteiger partial charge in [-0.15, -0.1) is 12.4 Å². The molecule has 0 heterocycles. The number of phenols is 1. The minimum Gasteiger partial charge on any atom is -0.508 e. The third-order valence-electron chi connectivity index (χ3n) is 1.70. The highest BCUT2D eigenvalue weighted by Gasteiger charge is 2.10. The van der Waals surface area contributed by atoms with Gasteiger partial charge in [-0.2, -0.15) is 5.26 Å². The van der Waals surface area contributed by atoms with Gasteiger partial charge in [0.05, 0.1) is 12.5 Å². The summed E-state index contributed by atoms with van der Waals surface area (Å²) in [6.07, 6.45) is 0.161. The molecular weight excluding hydrogens is 223 g/mol. The fraction of sp³-hybridized carbons (Fsp3) is 0.222. The van der Waals surface area contributed by atoms with E-state index in [9.17, 15) is 5.11 Å². The van der Waals surface area contributed by atoms with Crippen molar-refractivity contribution < 1.29 is 5.11 Å². The Morgan fingerprint density at radius 2 is 2.21 bits per heavy atom. The van der Waals surface area contributed by atoms with Gasteiger partial charge in [0.15, 0.2) is 0 Å². The molecule has 76 valence electrons. The molecule has 0 aliphatic heterocycles. The van der Waals surface area contributed by atoms with Crippen molar-refractivity contribution in [2.45, 2.75) is 12.5 Å². The van der Waals surface area contributed by atoms with E-state index < -0.39 is 6.04 Å². The summed E-state index contributed by atoms with van der Waals surface area (Å²) in [4.78, 5) is 0. The number of rotatable bonds is 2. The number of halogens is 2. The summed E-state index contributed by atoms with van der Waals surface area (Å²) in [5, 5.41) is 18.3. The van der Waals surface area contributed by atoms with Crippen LogP contribution in [0.2, 0.25) is 5.02 Å². The van der Waals surface area contributed by atoms with E-state index in [-0.39, 0.29) is 24.6 Å². The topological polar surface area (TPSA) is 70.0 Å². The second kappa shape index (κ2) is 5.71. The highest BCUT2D eigenvalue weighted by Crippen LogP contribution is 2.27. The highest BCUT2D eigenvalue weighted by atomic mass is 35.5. The summed E-state index contributed by atoms with van der Waals surface area (Å²) in [5.74, 6) is 0.0761. The molecule has 0 aliphatic rings. The molecule has 0 saturated heterocycles. The average Bonchev–Trinajstić information content (AvgIpc) is 2.09. The molecule has 5 heteroatoms. The van der Waals surface area contributed by atoms with Crippen LogP contribution in [-0.4, -0.2) is 5.11 Å². The maximum absolute atomic E-state index is 9.38. The van der Waals surface area contributed by atoms with Crippen molar-refractivity contribution in [1.29, 1.82) is 5.26 Å². The lowest BCUT2D eigenvalue weighted by Gasteiger charge is -2.09. The van der Waals surface area contributed by atoms with Gasteiger partial charge in [-0.25, -0.2) is 0 Å². The van der Waals surface area contributed by atoms with Crippen molar-refractivity contribution in [1.82, 2.24) is 0 Å². The van der Waals surface area contributed by atoms with E-state index in [4.69, 9.17) is 22.6 Å². The van der Waals surface area contributed by atoms with E-state index in [2.05, 4.69) is 0 Å². The molecule has 0 amide bonds. The van der Waals surface area contributed by atoms with E-state index in [1.54, 1.807) is 12.1 Å². The first-order valence-electron chi connectivity index (χ1n) is 3.76. The summed E-state index contributed by atoms with van der Waals surface area (Å²) in [7, 11) is 0. The van der Waals surface area contributed by atoms with Crippen LogP contribution in [0.3, 0.4) is 0 Å². The van der Waals surface area contributed by atoms with E-state index in [1.807, 2.05) is 6.07 Å². The number of aromatic hydroxyl groups is 1. The Balaban J connectivity index is 0.00000169. The number of phenolic OH excluding ortho intramolecular Hbond substituents is 1. The smallest absolute Gasteiger partial charge is 0.120 e. The molecule has 0 bridgehead atoms. The summed E-state index contributed by atoms with van der Waals surface area (Å²) in [6.45, 7) is 0. The standard InChI is InChI=1S/C9H9ClN2O.ClH/c10-6-1-2-9(13)7(5-6)8(12)3-4-11;/h1-2,5,8,13H,3,12H2;1H/t8-;/m1./s1. The lowest BCUT2D eigenvalue weighted by Crippen LogP contribution is -2.09. The lowest BCUT2D eigenvalue weighted by atomic mass is 10.0. The molecule has 3 N–H and O–H groups in total. The number of nitrogens with zero attached hydrogens (tertiary/aromatic N) is 1. The molecule has 1 aromatic carbocycles. The monoisotopic (exact) mass is 232 g/mol. The quantitative estimate of drug-likeness (QED) is 0.823. The second-order valence-electron chi connectivity index (χ2n) is 2.67. The average molecular weight is 233 g/mol. The van der Waals surface area contributed by atoms with Crippen molar-refractivity contribution >= 4 is 24.0 Å². The summed E-state index contributed by atoms with van der Waals surface area (Å²) < 4.78 is 0. The Morgan fingerprint density at radius 3 is 2.79 bits per heavy atom. The Hall–Kier alpha value is -0.950.